The van der Waals surface area contributed by atoms with Gasteiger partial charge in [0.1, 0.15) is 11.9 Å². The van der Waals surface area contributed by atoms with Crippen LogP contribution in [-0.2, 0) is 9.53 Å². The molecular formula is C13H20ClFN2O2. The van der Waals surface area contributed by atoms with E-state index in [0.29, 0.717) is 6.54 Å². The van der Waals surface area contributed by atoms with Gasteiger partial charge in [-0.05, 0) is 23.6 Å². The first-order valence-corrected chi connectivity index (χ1v) is 5.82. The van der Waals surface area contributed by atoms with Crippen molar-refractivity contribution in [3.8, 4) is 0 Å². The van der Waals surface area contributed by atoms with Crippen LogP contribution in [0.3, 0.4) is 0 Å². The van der Waals surface area contributed by atoms with Gasteiger partial charge in [0.15, 0.2) is 0 Å². The van der Waals surface area contributed by atoms with Crippen molar-refractivity contribution < 1.29 is 13.9 Å². The Labute approximate surface area is 118 Å². The second-order valence-electron chi connectivity index (χ2n) is 4.26. The van der Waals surface area contributed by atoms with Crippen molar-refractivity contribution in [2.45, 2.75) is 18.9 Å². The lowest BCUT2D eigenvalue weighted by molar-refractivity contribution is -0.123. The van der Waals surface area contributed by atoms with Crippen LogP contribution in [-0.4, -0.2) is 32.2 Å². The second-order valence-corrected chi connectivity index (χ2v) is 4.26. The summed E-state index contributed by atoms with van der Waals surface area (Å²) < 4.78 is 17.6. The average molecular weight is 291 g/mol. The fourth-order valence-corrected chi connectivity index (χ4v) is 1.55. The molecule has 0 spiro atoms. The van der Waals surface area contributed by atoms with Crippen LogP contribution < -0.4 is 11.1 Å². The minimum atomic E-state index is -0.657. The lowest BCUT2D eigenvalue weighted by Gasteiger charge is -2.15. The van der Waals surface area contributed by atoms with E-state index in [1.54, 1.807) is 12.1 Å². The molecule has 0 fully saturated rings. The van der Waals surface area contributed by atoms with Crippen LogP contribution in [0, 0.1) is 5.82 Å². The van der Waals surface area contributed by atoms with E-state index in [-0.39, 0.29) is 36.7 Å². The highest BCUT2D eigenvalue weighted by Crippen LogP contribution is 2.14. The largest absolute Gasteiger partial charge is 0.383 e. The molecule has 0 aromatic heterocycles. The summed E-state index contributed by atoms with van der Waals surface area (Å²) in [6, 6.07) is 5.58. The first kappa shape index (κ1) is 17.8. The summed E-state index contributed by atoms with van der Waals surface area (Å²) in [6.45, 7) is 2.61. The van der Waals surface area contributed by atoms with E-state index in [1.807, 2.05) is 6.92 Å². The van der Waals surface area contributed by atoms with Crippen molar-refractivity contribution in [2.24, 2.45) is 5.73 Å². The lowest BCUT2D eigenvalue weighted by atomic mass is 10.0. The number of amides is 1. The van der Waals surface area contributed by atoms with Crippen molar-refractivity contribution in [1.29, 1.82) is 0 Å². The van der Waals surface area contributed by atoms with Gasteiger partial charge in [-0.25, -0.2) is 4.39 Å². The summed E-state index contributed by atoms with van der Waals surface area (Å²) in [7, 11) is 1.49. The fourth-order valence-electron chi connectivity index (χ4n) is 1.55. The average Bonchev–Trinajstić information content (AvgIpc) is 2.36. The first-order valence-electron chi connectivity index (χ1n) is 5.82. The van der Waals surface area contributed by atoms with Gasteiger partial charge >= 0.3 is 0 Å². The highest BCUT2D eigenvalue weighted by Gasteiger charge is 2.14. The fraction of sp³-hybridized carbons (Fsp3) is 0.462. The summed E-state index contributed by atoms with van der Waals surface area (Å²) in [4.78, 5) is 11.5. The van der Waals surface area contributed by atoms with E-state index in [2.05, 4.69) is 5.32 Å². The Kier molecular flexibility index (Phi) is 8.30. The molecule has 3 N–H and O–H groups in total. The first-order chi connectivity index (χ1) is 8.54. The van der Waals surface area contributed by atoms with Gasteiger partial charge in [-0.15, -0.1) is 12.4 Å². The molecule has 1 aromatic rings. The van der Waals surface area contributed by atoms with Crippen LogP contribution in [0.25, 0.3) is 0 Å². The number of hydrogen-bond donors (Lipinski definition) is 2. The van der Waals surface area contributed by atoms with Crippen LogP contribution in [0.1, 0.15) is 18.4 Å². The van der Waals surface area contributed by atoms with E-state index >= 15 is 0 Å². The molecule has 108 valence electrons. The van der Waals surface area contributed by atoms with Crippen molar-refractivity contribution in [2.75, 3.05) is 20.3 Å². The summed E-state index contributed by atoms with van der Waals surface area (Å²) in [6.07, 6.45) is 0. The van der Waals surface area contributed by atoms with Gasteiger partial charge in [0.2, 0.25) is 5.91 Å². The Bertz CT molecular complexity index is 387. The quantitative estimate of drug-likeness (QED) is 0.833. The molecule has 0 heterocycles. The zero-order valence-corrected chi connectivity index (χ0v) is 11.9. The Morgan fingerprint density at radius 1 is 1.42 bits per heavy atom. The maximum atomic E-state index is 12.8. The molecule has 2 atom stereocenters. The van der Waals surface area contributed by atoms with E-state index in [0.717, 1.165) is 5.56 Å². The van der Waals surface area contributed by atoms with Crippen LogP contribution in [0.15, 0.2) is 24.3 Å². The third kappa shape index (κ3) is 6.00. The third-order valence-electron chi connectivity index (χ3n) is 2.70. The highest BCUT2D eigenvalue weighted by molar-refractivity contribution is 5.85. The number of rotatable bonds is 6. The van der Waals surface area contributed by atoms with E-state index in [9.17, 15) is 9.18 Å². The zero-order chi connectivity index (χ0) is 13.5. The monoisotopic (exact) mass is 290 g/mol. The number of halogens is 2. The molecule has 6 heteroatoms. The Hall–Kier alpha value is -1.17. The van der Waals surface area contributed by atoms with Gasteiger partial charge in [-0.3, -0.25) is 4.79 Å². The molecule has 2 unspecified atom stereocenters. The predicted octanol–water partition coefficient (Wildman–Crippen LogP) is 1.44. The van der Waals surface area contributed by atoms with Gasteiger partial charge in [0.25, 0.3) is 0 Å². The minimum Gasteiger partial charge on any atom is -0.383 e. The molecule has 19 heavy (non-hydrogen) atoms. The van der Waals surface area contributed by atoms with E-state index < -0.39 is 6.04 Å². The van der Waals surface area contributed by atoms with Crippen LogP contribution in [0.4, 0.5) is 4.39 Å². The molecule has 1 rings (SSSR count). The third-order valence-corrected chi connectivity index (χ3v) is 2.70. The van der Waals surface area contributed by atoms with E-state index in [1.165, 1.54) is 19.2 Å². The zero-order valence-electron chi connectivity index (χ0n) is 11.1. The number of carbonyl (C=O) groups excluding carboxylic acids is 1. The summed E-state index contributed by atoms with van der Waals surface area (Å²) in [5.41, 5.74) is 6.56. The number of ether oxygens (including phenoxy) is 1. The van der Waals surface area contributed by atoms with Crippen LogP contribution in [0.2, 0.25) is 0 Å². The Balaban J connectivity index is 0.00000324. The van der Waals surface area contributed by atoms with Crippen LogP contribution in [0.5, 0.6) is 0 Å². The number of hydrogen-bond acceptors (Lipinski definition) is 3. The van der Waals surface area contributed by atoms with Crippen molar-refractivity contribution in [3.63, 3.8) is 0 Å². The van der Waals surface area contributed by atoms with Gasteiger partial charge in [-0.2, -0.15) is 0 Å². The molecule has 1 amide bonds. The second kappa shape index (κ2) is 8.85. The molecular weight excluding hydrogens is 271 g/mol. The predicted molar refractivity (Wildman–Crippen MR) is 74.9 cm³/mol. The lowest BCUT2D eigenvalue weighted by Crippen LogP contribution is -2.44. The Morgan fingerprint density at radius 2 is 2.00 bits per heavy atom. The van der Waals surface area contributed by atoms with Gasteiger partial charge in [0.05, 0.1) is 6.61 Å². The number of methoxy groups -OCH3 is 1. The van der Waals surface area contributed by atoms with Crippen molar-refractivity contribution in [1.82, 2.24) is 5.32 Å². The smallest absolute Gasteiger partial charge is 0.239 e. The molecule has 0 saturated heterocycles. The highest BCUT2D eigenvalue weighted by atomic mass is 35.5. The summed E-state index contributed by atoms with van der Waals surface area (Å²) in [5.74, 6) is -0.410. The summed E-state index contributed by atoms with van der Waals surface area (Å²) >= 11 is 0. The van der Waals surface area contributed by atoms with Gasteiger partial charge in [-0.1, -0.05) is 19.1 Å². The summed E-state index contributed by atoms with van der Waals surface area (Å²) in [5, 5.41) is 2.74. The van der Waals surface area contributed by atoms with Gasteiger partial charge < -0.3 is 15.8 Å². The molecule has 0 aliphatic heterocycles. The standard InChI is InChI=1S/C13H19FN2O2.ClH/c1-9(10-3-5-11(14)6-4-10)7-16-13(17)12(15)8-18-2;/h3-6,9,12H,7-8,15H2,1-2H3,(H,16,17);1H. The van der Waals surface area contributed by atoms with Crippen LogP contribution >= 0.6 is 12.4 Å². The maximum Gasteiger partial charge on any atom is 0.239 e. The Morgan fingerprint density at radius 3 is 2.53 bits per heavy atom. The molecule has 4 nitrogen and oxygen atoms in total. The molecule has 0 aliphatic rings. The molecule has 1 aromatic carbocycles. The molecule has 0 saturated carbocycles. The molecule has 0 aliphatic carbocycles. The van der Waals surface area contributed by atoms with Crippen molar-refractivity contribution >= 4 is 18.3 Å². The van der Waals surface area contributed by atoms with Gasteiger partial charge in [0, 0.05) is 13.7 Å². The number of carbonyl (C=O) groups is 1. The van der Waals surface area contributed by atoms with E-state index in [4.69, 9.17) is 10.5 Å². The molecule has 0 radical (unpaired) electrons. The number of nitrogens with one attached hydrogen (secondary N) is 1. The number of benzene rings is 1. The van der Waals surface area contributed by atoms with Crippen molar-refractivity contribution in [3.05, 3.63) is 35.6 Å². The maximum absolute atomic E-state index is 12.8. The SMILES string of the molecule is COCC(N)C(=O)NCC(C)c1ccc(F)cc1.Cl. The number of nitrogens with two attached hydrogens (primary N) is 1. The molecule has 0 bridgehead atoms. The minimum absolute atomic E-state index is 0. The normalized spacial score (nSPS) is 13.3. The topological polar surface area (TPSA) is 64.3 Å².